The summed E-state index contributed by atoms with van der Waals surface area (Å²) in [6.45, 7) is 5.74. The number of carbonyl (C=O) groups is 2. The summed E-state index contributed by atoms with van der Waals surface area (Å²) in [6.07, 6.45) is 0. The number of amides is 2. The van der Waals surface area contributed by atoms with Gasteiger partial charge >= 0.3 is 0 Å². The zero-order valence-corrected chi connectivity index (χ0v) is 19.4. The Kier molecular flexibility index (Phi) is 7.56. The number of anilines is 2. The van der Waals surface area contributed by atoms with Gasteiger partial charge in [0.15, 0.2) is 6.61 Å². The quantitative estimate of drug-likeness (QED) is 0.512. The van der Waals surface area contributed by atoms with E-state index in [9.17, 15) is 9.59 Å². The van der Waals surface area contributed by atoms with E-state index >= 15 is 0 Å². The average molecular weight is 449 g/mol. The second kappa shape index (κ2) is 10.5. The van der Waals surface area contributed by atoms with E-state index in [2.05, 4.69) is 10.6 Å². The Bertz CT molecular complexity index is 1160. The number of hydrogen-bond donors (Lipinski definition) is 2. The van der Waals surface area contributed by atoms with Gasteiger partial charge in [-0.25, -0.2) is 0 Å². The van der Waals surface area contributed by atoms with Crippen LogP contribution in [0.5, 0.6) is 17.2 Å². The summed E-state index contributed by atoms with van der Waals surface area (Å²) in [5.41, 5.74) is 4.39. The lowest BCUT2D eigenvalue weighted by Crippen LogP contribution is -2.21. The fraction of sp³-hybridized carbons (Fsp3) is 0.231. The van der Waals surface area contributed by atoms with Crippen LogP contribution in [0.2, 0.25) is 0 Å². The molecule has 0 saturated heterocycles. The minimum atomic E-state index is -0.350. The molecular weight excluding hydrogens is 420 g/mol. The van der Waals surface area contributed by atoms with Gasteiger partial charge in [0.25, 0.3) is 11.8 Å². The van der Waals surface area contributed by atoms with Crippen LogP contribution >= 0.6 is 0 Å². The van der Waals surface area contributed by atoms with Crippen molar-refractivity contribution >= 4 is 23.2 Å². The fourth-order valence-corrected chi connectivity index (χ4v) is 3.35. The summed E-state index contributed by atoms with van der Waals surface area (Å²) in [5, 5.41) is 5.61. The normalized spacial score (nSPS) is 10.3. The molecule has 7 nitrogen and oxygen atoms in total. The summed E-state index contributed by atoms with van der Waals surface area (Å²) >= 11 is 0. The van der Waals surface area contributed by atoms with Crippen molar-refractivity contribution in [2.45, 2.75) is 20.8 Å². The SMILES string of the molecule is COc1cc(NC(=O)c2ccccc2)c(OC)cc1NC(=O)COc1c(C)ccc(C)c1C. The summed E-state index contributed by atoms with van der Waals surface area (Å²) < 4.78 is 16.6. The van der Waals surface area contributed by atoms with Crippen molar-refractivity contribution < 1.29 is 23.8 Å². The van der Waals surface area contributed by atoms with E-state index < -0.39 is 0 Å². The first-order chi connectivity index (χ1) is 15.8. The van der Waals surface area contributed by atoms with Crippen molar-refractivity contribution in [3.63, 3.8) is 0 Å². The Morgan fingerprint density at radius 1 is 0.788 bits per heavy atom. The van der Waals surface area contributed by atoms with Crippen LogP contribution in [0.15, 0.2) is 54.6 Å². The predicted molar refractivity (Wildman–Crippen MR) is 129 cm³/mol. The van der Waals surface area contributed by atoms with E-state index in [1.54, 1.807) is 36.4 Å². The van der Waals surface area contributed by atoms with Gasteiger partial charge < -0.3 is 24.8 Å². The first-order valence-corrected chi connectivity index (χ1v) is 10.5. The zero-order valence-electron chi connectivity index (χ0n) is 19.4. The second-order valence-electron chi connectivity index (χ2n) is 7.56. The molecule has 33 heavy (non-hydrogen) atoms. The van der Waals surface area contributed by atoms with Crippen molar-refractivity contribution in [3.8, 4) is 17.2 Å². The number of ether oxygens (including phenoxy) is 3. The minimum absolute atomic E-state index is 0.164. The van der Waals surface area contributed by atoms with Crippen molar-refractivity contribution in [2.24, 2.45) is 0 Å². The van der Waals surface area contributed by atoms with Crippen LogP contribution in [0.1, 0.15) is 27.0 Å². The smallest absolute Gasteiger partial charge is 0.262 e. The number of hydrogen-bond acceptors (Lipinski definition) is 5. The van der Waals surface area contributed by atoms with E-state index in [1.165, 1.54) is 14.2 Å². The molecule has 0 atom stereocenters. The summed E-state index contributed by atoms with van der Waals surface area (Å²) in [4.78, 5) is 25.2. The number of rotatable bonds is 8. The van der Waals surface area contributed by atoms with Gasteiger partial charge in [-0.1, -0.05) is 30.3 Å². The molecule has 0 aliphatic carbocycles. The van der Waals surface area contributed by atoms with E-state index in [-0.39, 0.29) is 18.4 Å². The summed E-state index contributed by atoms with van der Waals surface area (Å²) in [5.74, 6) is 0.813. The lowest BCUT2D eigenvalue weighted by molar-refractivity contribution is -0.118. The van der Waals surface area contributed by atoms with E-state index in [4.69, 9.17) is 14.2 Å². The molecule has 3 aromatic rings. The van der Waals surface area contributed by atoms with Gasteiger partial charge in [0.05, 0.1) is 25.6 Å². The number of nitrogens with one attached hydrogen (secondary N) is 2. The van der Waals surface area contributed by atoms with Gasteiger partial charge in [-0.3, -0.25) is 9.59 Å². The highest BCUT2D eigenvalue weighted by Crippen LogP contribution is 2.36. The Balaban J connectivity index is 1.76. The third-order valence-electron chi connectivity index (χ3n) is 5.30. The Labute approximate surface area is 193 Å². The average Bonchev–Trinajstić information content (AvgIpc) is 2.82. The van der Waals surface area contributed by atoms with Gasteiger partial charge in [0.1, 0.15) is 17.2 Å². The topological polar surface area (TPSA) is 85.9 Å². The molecule has 0 bridgehead atoms. The van der Waals surface area contributed by atoms with Gasteiger partial charge in [0.2, 0.25) is 0 Å². The molecule has 2 amide bonds. The summed E-state index contributed by atoms with van der Waals surface area (Å²) in [6, 6.07) is 16.0. The Hall–Kier alpha value is -4.00. The molecular formula is C26H28N2O5. The van der Waals surface area contributed by atoms with Crippen LogP contribution in [-0.4, -0.2) is 32.6 Å². The molecule has 0 fully saturated rings. The maximum absolute atomic E-state index is 12.6. The molecule has 172 valence electrons. The molecule has 0 heterocycles. The van der Waals surface area contributed by atoms with Crippen LogP contribution in [0.25, 0.3) is 0 Å². The van der Waals surface area contributed by atoms with Crippen molar-refractivity contribution in [2.75, 3.05) is 31.5 Å². The van der Waals surface area contributed by atoms with Crippen molar-refractivity contribution in [1.29, 1.82) is 0 Å². The van der Waals surface area contributed by atoms with Gasteiger partial charge in [-0.05, 0) is 49.6 Å². The third-order valence-corrected chi connectivity index (χ3v) is 5.30. The third kappa shape index (κ3) is 5.63. The number of aryl methyl sites for hydroxylation is 2. The molecule has 2 N–H and O–H groups in total. The highest BCUT2D eigenvalue weighted by atomic mass is 16.5. The molecule has 0 saturated carbocycles. The molecule has 0 radical (unpaired) electrons. The monoisotopic (exact) mass is 448 g/mol. The standard InChI is InChI=1S/C26H28N2O5/c1-16-11-12-17(2)25(18(16)3)33-15-24(29)27-20-13-23(32-5)21(14-22(20)31-4)28-26(30)19-9-7-6-8-10-19/h6-14H,15H2,1-5H3,(H,27,29)(H,28,30). The zero-order chi connectivity index (χ0) is 24.0. The van der Waals surface area contributed by atoms with Gasteiger partial charge in [-0.15, -0.1) is 0 Å². The maximum atomic E-state index is 12.6. The van der Waals surface area contributed by atoms with Crippen LogP contribution in [-0.2, 0) is 4.79 Å². The van der Waals surface area contributed by atoms with Gasteiger partial charge in [-0.2, -0.15) is 0 Å². The number of benzene rings is 3. The van der Waals surface area contributed by atoms with Crippen LogP contribution in [0, 0.1) is 20.8 Å². The molecule has 3 aromatic carbocycles. The Morgan fingerprint density at radius 2 is 1.36 bits per heavy atom. The molecule has 0 spiro atoms. The van der Waals surface area contributed by atoms with Crippen molar-refractivity contribution in [1.82, 2.24) is 0 Å². The maximum Gasteiger partial charge on any atom is 0.262 e. The lowest BCUT2D eigenvalue weighted by Gasteiger charge is -2.17. The first-order valence-electron chi connectivity index (χ1n) is 10.5. The fourth-order valence-electron chi connectivity index (χ4n) is 3.35. The van der Waals surface area contributed by atoms with Gasteiger partial charge in [0, 0.05) is 17.7 Å². The number of methoxy groups -OCH3 is 2. The largest absolute Gasteiger partial charge is 0.494 e. The second-order valence-corrected chi connectivity index (χ2v) is 7.56. The highest BCUT2D eigenvalue weighted by Gasteiger charge is 2.17. The number of carbonyl (C=O) groups excluding carboxylic acids is 2. The van der Waals surface area contributed by atoms with E-state index in [0.717, 1.165) is 16.7 Å². The molecule has 0 aromatic heterocycles. The molecule has 0 aliphatic heterocycles. The molecule has 3 rings (SSSR count). The predicted octanol–water partition coefficient (Wildman–Crippen LogP) is 4.90. The minimum Gasteiger partial charge on any atom is -0.494 e. The summed E-state index contributed by atoms with van der Waals surface area (Å²) in [7, 11) is 2.97. The van der Waals surface area contributed by atoms with Crippen LogP contribution < -0.4 is 24.8 Å². The highest BCUT2D eigenvalue weighted by molar-refractivity contribution is 6.05. The first kappa shape index (κ1) is 23.7. The van der Waals surface area contributed by atoms with Crippen LogP contribution in [0.3, 0.4) is 0 Å². The molecule has 7 heteroatoms. The van der Waals surface area contributed by atoms with Crippen molar-refractivity contribution in [3.05, 3.63) is 76.9 Å². The Morgan fingerprint density at radius 3 is 1.97 bits per heavy atom. The lowest BCUT2D eigenvalue weighted by atomic mass is 10.1. The molecule has 0 aliphatic rings. The van der Waals surface area contributed by atoms with Crippen LogP contribution in [0.4, 0.5) is 11.4 Å². The van der Waals surface area contributed by atoms with E-state index in [0.29, 0.717) is 34.2 Å². The van der Waals surface area contributed by atoms with E-state index in [1.807, 2.05) is 39.0 Å². The molecule has 0 unspecified atom stereocenters.